The number of ether oxygens (including phenoxy) is 1. The van der Waals surface area contributed by atoms with Crippen molar-refractivity contribution in [2.75, 3.05) is 19.3 Å². The number of rotatable bonds is 3. The topological polar surface area (TPSA) is 63.7 Å². The molecule has 6 heteroatoms. The van der Waals surface area contributed by atoms with Crippen molar-refractivity contribution >= 4 is 15.9 Å². The zero-order chi connectivity index (χ0) is 13.9. The van der Waals surface area contributed by atoms with E-state index < -0.39 is 21.2 Å². The number of benzene rings is 1. The minimum absolute atomic E-state index is 0.208. The van der Waals surface area contributed by atoms with Gasteiger partial charge in [-0.25, -0.2) is 13.2 Å². The van der Waals surface area contributed by atoms with Crippen molar-refractivity contribution in [2.45, 2.75) is 18.3 Å². The van der Waals surface area contributed by atoms with Gasteiger partial charge in [-0.1, -0.05) is 30.3 Å². The van der Waals surface area contributed by atoms with E-state index in [0.29, 0.717) is 13.0 Å². The molecule has 1 aliphatic heterocycles. The Labute approximate surface area is 113 Å². The van der Waals surface area contributed by atoms with Crippen LogP contribution in [0.4, 0.5) is 4.79 Å². The zero-order valence-electron chi connectivity index (χ0n) is 10.8. The molecule has 0 radical (unpaired) electrons. The average Bonchev–Trinajstić information content (AvgIpc) is 2.87. The predicted octanol–water partition coefficient (Wildman–Crippen LogP) is 1.44. The van der Waals surface area contributed by atoms with Gasteiger partial charge in [0.05, 0.1) is 5.25 Å². The van der Waals surface area contributed by atoms with E-state index in [0.717, 1.165) is 5.56 Å². The quantitative estimate of drug-likeness (QED) is 0.842. The summed E-state index contributed by atoms with van der Waals surface area (Å²) >= 11 is 0. The van der Waals surface area contributed by atoms with Gasteiger partial charge in [-0.2, -0.15) is 0 Å². The van der Waals surface area contributed by atoms with Crippen LogP contribution in [0.1, 0.15) is 12.0 Å². The summed E-state index contributed by atoms with van der Waals surface area (Å²) in [7, 11) is -3.09. The average molecular weight is 283 g/mol. The third-order valence-corrected chi connectivity index (χ3v) is 4.81. The fraction of sp³-hybridized carbons (Fsp3) is 0.462. The van der Waals surface area contributed by atoms with Crippen molar-refractivity contribution in [3.63, 3.8) is 0 Å². The maximum absolute atomic E-state index is 11.8. The second-order valence-corrected chi connectivity index (χ2v) is 7.05. The van der Waals surface area contributed by atoms with Crippen molar-refractivity contribution in [3.05, 3.63) is 35.9 Å². The number of hydrogen-bond donors (Lipinski definition) is 0. The Morgan fingerprint density at radius 1 is 1.37 bits per heavy atom. The summed E-state index contributed by atoms with van der Waals surface area (Å²) in [4.78, 5) is 13.3. The molecule has 0 bridgehead atoms. The second-order valence-electron chi connectivity index (χ2n) is 4.73. The van der Waals surface area contributed by atoms with Crippen LogP contribution in [0.2, 0.25) is 0 Å². The van der Waals surface area contributed by atoms with Crippen LogP contribution in [0.25, 0.3) is 0 Å². The number of nitrogens with zero attached hydrogens (tertiary/aromatic N) is 1. The third kappa shape index (κ3) is 3.70. The smallest absolute Gasteiger partial charge is 0.410 e. The number of carbonyl (C=O) groups is 1. The van der Waals surface area contributed by atoms with Gasteiger partial charge in [0.2, 0.25) is 0 Å². The van der Waals surface area contributed by atoms with Crippen LogP contribution >= 0.6 is 0 Å². The Balaban J connectivity index is 1.85. The maximum atomic E-state index is 11.8. The lowest BCUT2D eigenvalue weighted by Crippen LogP contribution is -2.31. The van der Waals surface area contributed by atoms with Crippen LogP contribution in [-0.2, 0) is 21.2 Å². The fourth-order valence-corrected chi connectivity index (χ4v) is 3.04. The van der Waals surface area contributed by atoms with Gasteiger partial charge >= 0.3 is 6.09 Å². The van der Waals surface area contributed by atoms with Crippen molar-refractivity contribution < 1.29 is 17.9 Å². The Hall–Kier alpha value is -1.56. The largest absolute Gasteiger partial charge is 0.445 e. The molecule has 2 rings (SSSR count). The summed E-state index contributed by atoms with van der Waals surface area (Å²) in [5, 5.41) is -0.461. The Kier molecular flexibility index (Phi) is 4.09. The summed E-state index contributed by atoms with van der Waals surface area (Å²) in [5.74, 6) is 0. The first-order valence-corrected chi connectivity index (χ1v) is 8.07. The molecule has 104 valence electrons. The summed E-state index contributed by atoms with van der Waals surface area (Å²) in [5.41, 5.74) is 0.912. The molecule has 0 aromatic heterocycles. The Morgan fingerprint density at radius 3 is 2.63 bits per heavy atom. The lowest BCUT2D eigenvalue weighted by atomic mass is 10.2. The van der Waals surface area contributed by atoms with E-state index in [1.165, 1.54) is 11.2 Å². The predicted molar refractivity (Wildman–Crippen MR) is 71.4 cm³/mol. The first kappa shape index (κ1) is 13.9. The molecule has 0 unspecified atom stereocenters. The van der Waals surface area contributed by atoms with Gasteiger partial charge in [0, 0.05) is 19.3 Å². The van der Waals surface area contributed by atoms with E-state index in [2.05, 4.69) is 0 Å². The standard InChI is InChI=1S/C13H17NO4S/c1-19(16,17)12-7-8-14(9-12)13(15)18-10-11-5-3-2-4-6-11/h2-6,12H,7-10H2,1H3/t12-/m1/s1. The van der Waals surface area contributed by atoms with E-state index >= 15 is 0 Å². The van der Waals surface area contributed by atoms with Gasteiger partial charge in [-0.3, -0.25) is 0 Å². The van der Waals surface area contributed by atoms with Gasteiger partial charge in [0.1, 0.15) is 6.61 Å². The summed E-state index contributed by atoms with van der Waals surface area (Å²) in [6.07, 6.45) is 1.24. The molecule has 5 nitrogen and oxygen atoms in total. The van der Waals surface area contributed by atoms with E-state index in [1.807, 2.05) is 30.3 Å². The van der Waals surface area contributed by atoms with Crippen LogP contribution in [0.15, 0.2) is 30.3 Å². The minimum Gasteiger partial charge on any atom is -0.445 e. The number of sulfone groups is 1. The number of likely N-dealkylation sites (tertiary alicyclic amines) is 1. The highest BCUT2D eigenvalue weighted by atomic mass is 32.2. The zero-order valence-corrected chi connectivity index (χ0v) is 11.6. The van der Waals surface area contributed by atoms with Crippen molar-refractivity contribution in [1.82, 2.24) is 4.90 Å². The fourth-order valence-electron chi connectivity index (χ4n) is 2.05. The molecule has 19 heavy (non-hydrogen) atoms. The molecule has 1 amide bonds. The summed E-state index contributed by atoms with van der Waals surface area (Å²) in [6, 6.07) is 9.38. The van der Waals surface area contributed by atoms with Crippen LogP contribution in [-0.4, -0.2) is 44.0 Å². The molecule has 0 spiro atoms. The molecular formula is C13H17NO4S. The van der Waals surface area contributed by atoms with Crippen molar-refractivity contribution in [1.29, 1.82) is 0 Å². The van der Waals surface area contributed by atoms with Crippen LogP contribution in [0.5, 0.6) is 0 Å². The maximum Gasteiger partial charge on any atom is 0.410 e. The summed E-state index contributed by atoms with van der Waals surface area (Å²) < 4.78 is 28.0. The molecule has 1 aromatic rings. The lowest BCUT2D eigenvalue weighted by Gasteiger charge is -2.16. The van der Waals surface area contributed by atoms with E-state index in [9.17, 15) is 13.2 Å². The van der Waals surface area contributed by atoms with Gasteiger partial charge in [-0.15, -0.1) is 0 Å². The highest BCUT2D eigenvalue weighted by Gasteiger charge is 2.33. The van der Waals surface area contributed by atoms with Crippen molar-refractivity contribution in [3.8, 4) is 0 Å². The number of carbonyl (C=O) groups excluding carboxylic acids is 1. The Morgan fingerprint density at radius 2 is 2.05 bits per heavy atom. The SMILES string of the molecule is CS(=O)(=O)[C@@H]1CCN(C(=O)OCc2ccccc2)C1. The third-order valence-electron chi connectivity index (χ3n) is 3.21. The molecule has 1 aromatic carbocycles. The van der Waals surface area contributed by atoms with Gasteiger partial charge in [-0.05, 0) is 12.0 Å². The van der Waals surface area contributed by atoms with E-state index in [1.54, 1.807) is 0 Å². The first-order valence-electron chi connectivity index (χ1n) is 6.11. The van der Waals surface area contributed by atoms with Crippen LogP contribution in [0.3, 0.4) is 0 Å². The van der Waals surface area contributed by atoms with Crippen molar-refractivity contribution in [2.24, 2.45) is 0 Å². The van der Waals surface area contributed by atoms with Gasteiger partial charge < -0.3 is 9.64 Å². The molecule has 1 fully saturated rings. The normalized spacial score (nSPS) is 19.4. The molecule has 0 saturated carbocycles. The second kappa shape index (κ2) is 5.61. The van der Waals surface area contributed by atoms with Crippen LogP contribution < -0.4 is 0 Å². The Bertz CT molecular complexity index is 541. The highest BCUT2D eigenvalue weighted by molar-refractivity contribution is 7.91. The van der Waals surface area contributed by atoms with Crippen LogP contribution in [0, 0.1) is 0 Å². The molecule has 1 aliphatic rings. The highest BCUT2D eigenvalue weighted by Crippen LogP contribution is 2.17. The van der Waals surface area contributed by atoms with Gasteiger partial charge in [0.15, 0.2) is 9.84 Å². The summed E-state index contributed by atoms with van der Waals surface area (Å²) in [6.45, 7) is 0.873. The monoisotopic (exact) mass is 283 g/mol. The minimum atomic E-state index is -3.09. The lowest BCUT2D eigenvalue weighted by molar-refractivity contribution is 0.104. The molecule has 1 atom stereocenters. The first-order chi connectivity index (χ1) is 8.97. The molecule has 0 aliphatic carbocycles. The molecular weight excluding hydrogens is 266 g/mol. The van der Waals surface area contributed by atoms with E-state index in [-0.39, 0.29) is 13.2 Å². The molecule has 1 heterocycles. The van der Waals surface area contributed by atoms with Gasteiger partial charge in [0.25, 0.3) is 0 Å². The number of amides is 1. The number of hydrogen-bond acceptors (Lipinski definition) is 4. The molecule has 1 saturated heterocycles. The molecule has 0 N–H and O–H groups in total. The van der Waals surface area contributed by atoms with E-state index in [4.69, 9.17) is 4.74 Å².